The van der Waals surface area contributed by atoms with E-state index in [9.17, 15) is 0 Å². The van der Waals surface area contributed by atoms with E-state index in [0.29, 0.717) is 5.92 Å². The Morgan fingerprint density at radius 1 is 0.466 bits per heavy atom. The van der Waals surface area contributed by atoms with Crippen LogP contribution in [0.4, 0.5) is 17.1 Å². The number of rotatable bonds is 7. The minimum absolute atomic E-state index is 0.502. The van der Waals surface area contributed by atoms with E-state index in [4.69, 9.17) is 0 Å². The van der Waals surface area contributed by atoms with Gasteiger partial charge in [0.1, 0.15) is 0 Å². The van der Waals surface area contributed by atoms with E-state index >= 15 is 0 Å². The van der Waals surface area contributed by atoms with Crippen molar-refractivity contribution in [2.45, 2.75) is 69.1 Å². The third-order valence-corrected chi connectivity index (χ3v) is 13.7. The number of anilines is 3. The standard InChI is InChI=1S/C57H49N/c1-4-17-41(18-5-1)50-27-14-15-30-55(50)58(46-34-31-43(32-35-46)49-29-16-21-40-19-10-12-26-48(40)49)47-36-37-52-54(39-47)57(44-22-6-2-7-23-44,45-24-8-3-9-25-45)53-38-33-42-20-11-13-28-51(42)56(52)53/h2-3,6-9,11,13-16,20-25,27-39,41H,1,4-5,10,12,17-19,26H2. The molecule has 58 heavy (non-hydrogen) atoms. The smallest absolute Gasteiger partial charge is 0.0714 e. The fourth-order valence-electron chi connectivity index (χ4n) is 11.1. The molecule has 0 spiro atoms. The molecule has 1 heteroatoms. The summed E-state index contributed by atoms with van der Waals surface area (Å²) < 4.78 is 0. The second-order valence-corrected chi connectivity index (χ2v) is 16.8. The van der Waals surface area contributed by atoms with Crippen LogP contribution in [0.5, 0.6) is 0 Å². The predicted molar refractivity (Wildman–Crippen MR) is 244 cm³/mol. The van der Waals surface area contributed by atoms with Crippen molar-refractivity contribution in [2.75, 3.05) is 4.90 Å². The molecular weight excluding hydrogens is 699 g/mol. The zero-order valence-corrected chi connectivity index (χ0v) is 33.2. The molecule has 1 fully saturated rings. The molecule has 0 atom stereocenters. The van der Waals surface area contributed by atoms with Crippen LogP contribution in [0.3, 0.4) is 0 Å². The van der Waals surface area contributed by atoms with E-state index in [0.717, 1.165) is 0 Å². The maximum atomic E-state index is 2.58. The quantitative estimate of drug-likeness (QED) is 0.157. The van der Waals surface area contributed by atoms with Gasteiger partial charge >= 0.3 is 0 Å². The third kappa shape index (κ3) is 5.66. The molecule has 0 aliphatic heterocycles. The van der Waals surface area contributed by atoms with E-state index in [1.807, 2.05) is 0 Å². The molecule has 282 valence electrons. The molecule has 0 radical (unpaired) electrons. The maximum absolute atomic E-state index is 2.58. The van der Waals surface area contributed by atoms with Crippen molar-refractivity contribution in [3.8, 4) is 22.3 Å². The lowest BCUT2D eigenvalue weighted by atomic mass is 9.67. The highest BCUT2D eigenvalue weighted by Gasteiger charge is 2.47. The summed E-state index contributed by atoms with van der Waals surface area (Å²) in [5.41, 5.74) is 18.4. The van der Waals surface area contributed by atoms with Gasteiger partial charge in [0, 0.05) is 17.1 Å². The first-order valence-corrected chi connectivity index (χ1v) is 21.7. The number of hydrogen-bond acceptors (Lipinski definition) is 1. The molecule has 0 N–H and O–H groups in total. The van der Waals surface area contributed by atoms with Gasteiger partial charge in [-0.25, -0.2) is 0 Å². The van der Waals surface area contributed by atoms with E-state index in [-0.39, 0.29) is 0 Å². The summed E-state index contributed by atoms with van der Waals surface area (Å²) in [7, 11) is 0. The summed E-state index contributed by atoms with van der Waals surface area (Å²) in [6, 6.07) is 69.3. The van der Waals surface area contributed by atoms with Crippen molar-refractivity contribution in [1.82, 2.24) is 0 Å². The topological polar surface area (TPSA) is 3.24 Å². The van der Waals surface area contributed by atoms with Crippen LogP contribution < -0.4 is 4.90 Å². The lowest BCUT2D eigenvalue weighted by molar-refractivity contribution is 0.444. The predicted octanol–water partition coefficient (Wildman–Crippen LogP) is 15.3. The molecule has 1 saturated carbocycles. The molecule has 0 heterocycles. The van der Waals surface area contributed by atoms with Crippen molar-refractivity contribution in [3.63, 3.8) is 0 Å². The average molecular weight is 748 g/mol. The molecule has 8 aromatic rings. The minimum atomic E-state index is -0.502. The van der Waals surface area contributed by atoms with E-state index in [1.165, 1.54) is 141 Å². The summed E-state index contributed by atoms with van der Waals surface area (Å²) in [5, 5.41) is 2.58. The van der Waals surface area contributed by atoms with Gasteiger partial charge in [-0.15, -0.1) is 0 Å². The van der Waals surface area contributed by atoms with Crippen LogP contribution >= 0.6 is 0 Å². The number of aryl methyl sites for hydroxylation is 1. The number of nitrogens with zero attached hydrogens (tertiary/aromatic N) is 1. The van der Waals surface area contributed by atoms with Crippen molar-refractivity contribution >= 4 is 27.8 Å². The van der Waals surface area contributed by atoms with Gasteiger partial charge in [-0.1, -0.05) is 171 Å². The second kappa shape index (κ2) is 14.6. The molecule has 0 bridgehead atoms. The Morgan fingerprint density at radius 2 is 1.16 bits per heavy atom. The van der Waals surface area contributed by atoms with Crippen LogP contribution in [0.25, 0.3) is 33.0 Å². The van der Waals surface area contributed by atoms with E-state index in [2.05, 4.69) is 187 Å². The van der Waals surface area contributed by atoms with Crippen molar-refractivity contribution in [2.24, 2.45) is 0 Å². The largest absolute Gasteiger partial charge is 0.310 e. The molecule has 0 unspecified atom stereocenters. The summed E-state index contributed by atoms with van der Waals surface area (Å²) >= 11 is 0. The number of hydrogen-bond donors (Lipinski definition) is 0. The fraction of sp³-hybridized carbons (Fsp3) is 0.193. The summed E-state index contributed by atoms with van der Waals surface area (Å²) in [4.78, 5) is 2.58. The zero-order valence-electron chi connectivity index (χ0n) is 33.2. The maximum Gasteiger partial charge on any atom is 0.0714 e. The van der Waals surface area contributed by atoms with E-state index < -0.39 is 5.41 Å². The van der Waals surface area contributed by atoms with Crippen LogP contribution in [0.1, 0.15) is 89.8 Å². The van der Waals surface area contributed by atoms with Gasteiger partial charge < -0.3 is 4.90 Å². The van der Waals surface area contributed by atoms with Gasteiger partial charge in [0.15, 0.2) is 0 Å². The molecule has 3 aliphatic carbocycles. The number of para-hydroxylation sites is 1. The Kier molecular flexibility index (Phi) is 8.84. The summed E-state index contributed by atoms with van der Waals surface area (Å²) in [6.45, 7) is 0. The molecule has 0 saturated heterocycles. The zero-order chi connectivity index (χ0) is 38.5. The van der Waals surface area contributed by atoms with Gasteiger partial charge in [0.25, 0.3) is 0 Å². The Hall–Kier alpha value is -6.18. The highest BCUT2D eigenvalue weighted by atomic mass is 15.1. The lowest BCUT2D eigenvalue weighted by Crippen LogP contribution is -2.28. The van der Waals surface area contributed by atoms with Gasteiger partial charge in [0.05, 0.1) is 5.41 Å². The third-order valence-electron chi connectivity index (χ3n) is 13.7. The molecule has 11 rings (SSSR count). The molecule has 8 aromatic carbocycles. The van der Waals surface area contributed by atoms with Gasteiger partial charge in [-0.3, -0.25) is 0 Å². The molecule has 3 aliphatic rings. The molecular formula is C57H49N. The van der Waals surface area contributed by atoms with Gasteiger partial charge in [0.2, 0.25) is 0 Å². The monoisotopic (exact) mass is 747 g/mol. The average Bonchev–Trinajstić information content (AvgIpc) is 3.61. The lowest BCUT2D eigenvalue weighted by Gasteiger charge is -2.35. The van der Waals surface area contributed by atoms with Crippen LogP contribution in [0.2, 0.25) is 0 Å². The molecule has 0 amide bonds. The SMILES string of the molecule is c1ccc(C2(c3ccccc3)c3cc(N(c4ccc(-c5cccc6c5CCCC6)cc4)c4ccccc4C4CCCCC4)ccc3-c3c2ccc2ccccc32)cc1. The highest BCUT2D eigenvalue weighted by molar-refractivity contribution is 6.04. The Balaban J connectivity index is 1.16. The molecule has 1 nitrogen and oxygen atoms in total. The first-order valence-electron chi connectivity index (χ1n) is 21.7. The Morgan fingerprint density at radius 3 is 1.95 bits per heavy atom. The van der Waals surface area contributed by atoms with Crippen molar-refractivity contribution < 1.29 is 0 Å². The summed E-state index contributed by atoms with van der Waals surface area (Å²) in [5.74, 6) is 0.556. The van der Waals surface area contributed by atoms with Crippen molar-refractivity contribution in [1.29, 1.82) is 0 Å². The second-order valence-electron chi connectivity index (χ2n) is 16.8. The Bertz CT molecular complexity index is 2720. The highest BCUT2D eigenvalue weighted by Crippen LogP contribution is 2.59. The van der Waals surface area contributed by atoms with Crippen molar-refractivity contribution in [3.05, 3.63) is 221 Å². The van der Waals surface area contributed by atoms with Gasteiger partial charge in [-0.2, -0.15) is 0 Å². The molecule has 0 aromatic heterocycles. The fourth-order valence-corrected chi connectivity index (χ4v) is 11.1. The number of benzene rings is 8. The van der Waals surface area contributed by atoms with Crippen LogP contribution in [-0.2, 0) is 18.3 Å². The Labute approximate surface area is 343 Å². The number of fused-ring (bicyclic) bond motifs is 6. The minimum Gasteiger partial charge on any atom is -0.310 e. The first kappa shape index (κ1) is 35.0. The van der Waals surface area contributed by atoms with Gasteiger partial charge in [-0.05, 0) is 147 Å². The first-order chi connectivity index (χ1) is 28.8. The summed E-state index contributed by atoms with van der Waals surface area (Å²) in [6.07, 6.45) is 11.4. The van der Waals surface area contributed by atoms with Crippen LogP contribution in [0, 0.1) is 0 Å². The normalized spacial score (nSPS) is 15.7. The van der Waals surface area contributed by atoms with Crippen LogP contribution in [-0.4, -0.2) is 0 Å². The van der Waals surface area contributed by atoms with Crippen LogP contribution in [0.15, 0.2) is 182 Å². The van der Waals surface area contributed by atoms with E-state index in [1.54, 1.807) is 5.56 Å².